The van der Waals surface area contributed by atoms with E-state index >= 15 is 0 Å². The molecule has 110 valence electrons. The van der Waals surface area contributed by atoms with Gasteiger partial charge in [-0.15, -0.1) is 0 Å². The van der Waals surface area contributed by atoms with Gasteiger partial charge in [0, 0.05) is 31.2 Å². The van der Waals surface area contributed by atoms with Crippen LogP contribution in [0.5, 0.6) is 11.5 Å². The van der Waals surface area contributed by atoms with Crippen molar-refractivity contribution in [2.24, 2.45) is 0 Å². The van der Waals surface area contributed by atoms with Crippen LogP contribution in [0.3, 0.4) is 0 Å². The first-order valence-corrected chi connectivity index (χ1v) is 7.06. The van der Waals surface area contributed by atoms with E-state index in [1.54, 1.807) is 6.08 Å². The van der Waals surface area contributed by atoms with Crippen molar-refractivity contribution >= 4 is 12.0 Å². The van der Waals surface area contributed by atoms with E-state index in [0.29, 0.717) is 35.8 Å². The smallest absolute Gasteiger partial charge is 0.336 e. The minimum absolute atomic E-state index is 0.275. The number of carbonyl (C=O) groups is 1. The van der Waals surface area contributed by atoms with Crippen LogP contribution in [0.4, 0.5) is 0 Å². The van der Waals surface area contributed by atoms with Crippen molar-refractivity contribution in [2.75, 3.05) is 6.61 Å². The molecule has 5 heteroatoms. The molecule has 5 nitrogen and oxygen atoms in total. The number of hydrogen-bond donors (Lipinski definition) is 1. The summed E-state index contributed by atoms with van der Waals surface area (Å²) in [7, 11) is 0. The first-order valence-electron chi connectivity index (χ1n) is 7.06. The van der Waals surface area contributed by atoms with Gasteiger partial charge in [0.05, 0.1) is 17.9 Å². The van der Waals surface area contributed by atoms with Crippen LogP contribution in [0, 0.1) is 0 Å². The number of nitrogens with zero attached hydrogens (tertiary/aromatic N) is 1. The van der Waals surface area contributed by atoms with E-state index in [1.807, 2.05) is 18.2 Å². The standard InChI is InChI=1S/C17H13NO4/c19-17(20)13-3-5-18-15-8-12(7-14(13)15)22-11-2-1-10-4-6-21-16(10)9-11/h1-3,5,8-9H,4,6-7H2,(H,19,20). The van der Waals surface area contributed by atoms with Gasteiger partial charge in [0.2, 0.25) is 0 Å². The van der Waals surface area contributed by atoms with Crippen LogP contribution in [0.2, 0.25) is 0 Å². The van der Waals surface area contributed by atoms with Gasteiger partial charge < -0.3 is 14.6 Å². The molecule has 22 heavy (non-hydrogen) atoms. The molecule has 0 radical (unpaired) electrons. The largest absolute Gasteiger partial charge is 0.493 e. The normalized spacial score (nSPS) is 14.8. The molecule has 0 unspecified atom stereocenters. The Morgan fingerprint density at radius 1 is 1.32 bits per heavy atom. The van der Waals surface area contributed by atoms with E-state index in [-0.39, 0.29) is 5.56 Å². The minimum Gasteiger partial charge on any atom is -0.493 e. The van der Waals surface area contributed by atoms with Gasteiger partial charge in [-0.1, -0.05) is 6.07 Å². The van der Waals surface area contributed by atoms with E-state index in [0.717, 1.165) is 12.2 Å². The number of carboxylic acid groups (broad SMARTS) is 1. The second-order valence-electron chi connectivity index (χ2n) is 5.28. The summed E-state index contributed by atoms with van der Waals surface area (Å²) in [5, 5.41) is 9.22. The van der Waals surface area contributed by atoms with Gasteiger partial charge in [-0.25, -0.2) is 4.79 Å². The highest BCUT2D eigenvalue weighted by atomic mass is 16.5. The zero-order chi connectivity index (χ0) is 15.1. The van der Waals surface area contributed by atoms with E-state index in [1.165, 1.54) is 17.8 Å². The average Bonchev–Trinajstić information content (AvgIpc) is 3.11. The fourth-order valence-corrected chi connectivity index (χ4v) is 2.82. The maximum absolute atomic E-state index is 11.2. The van der Waals surface area contributed by atoms with Crippen LogP contribution in [0.25, 0.3) is 6.08 Å². The molecule has 1 aromatic heterocycles. The molecule has 0 spiro atoms. The molecule has 0 bridgehead atoms. The SMILES string of the molecule is O=C(O)c1ccnc2c1CC(Oc1ccc3c(c1)OCC3)=C2. The lowest BCUT2D eigenvalue weighted by molar-refractivity contribution is 0.0695. The zero-order valence-electron chi connectivity index (χ0n) is 11.7. The van der Waals surface area contributed by atoms with Crippen molar-refractivity contribution in [1.82, 2.24) is 4.98 Å². The summed E-state index contributed by atoms with van der Waals surface area (Å²) in [6.45, 7) is 0.707. The second-order valence-corrected chi connectivity index (χ2v) is 5.28. The van der Waals surface area contributed by atoms with Gasteiger partial charge in [0.25, 0.3) is 0 Å². The van der Waals surface area contributed by atoms with Gasteiger partial charge in [-0.2, -0.15) is 0 Å². The molecule has 4 rings (SSSR count). The number of allylic oxidation sites excluding steroid dienone is 1. The molecule has 2 aromatic rings. The summed E-state index contributed by atoms with van der Waals surface area (Å²) >= 11 is 0. The molecule has 0 amide bonds. The molecule has 1 N–H and O–H groups in total. The Hall–Kier alpha value is -2.82. The lowest BCUT2D eigenvalue weighted by atomic mass is 10.1. The molecular weight excluding hydrogens is 282 g/mol. The van der Waals surface area contributed by atoms with Crippen molar-refractivity contribution in [3.05, 3.63) is 58.6 Å². The van der Waals surface area contributed by atoms with E-state index in [9.17, 15) is 9.90 Å². The average molecular weight is 295 g/mol. The third kappa shape index (κ3) is 2.11. The van der Waals surface area contributed by atoms with Crippen LogP contribution in [0.15, 0.2) is 36.2 Å². The molecule has 1 aliphatic carbocycles. The Balaban J connectivity index is 1.59. The number of rotatable bonds is 3. The van der Waals surface area contributed by atoms with Gasteiger partial charge in [-0.05, 0) is 23.3 Å². The molecule has 2 heterocycles. The highest BCUT2D eigenvalue weighted by Crippen LogP contribution is 2.33. The molecule has 0 saturated heterocycles. The van der Waals surface area contributed by atoms with Gasteiger partial charge in [-0.3, -0.25) is 4.98 Å². The molecule has 0 saturated carbocycles. The summed E-state index contributed by atoms with van der Waals surface area (Å²) in [5.41, 5.74) is 2.82. The molecule has 0 atom stereocenters. The Labute approximate surface area is 126 Å². The maximum atomic E-state index is 11.2. The van der Waals surface area contributed by atoms with Crippen molar-refractivity contribution in [3.8, 4) is 11.5 Å². The van der Waals surface area contributed by atoms with Crippen molar-refractivity contribution in [3.63, 3.8) is 0 Å². The van der Waals surface area contributed by atoms with Crippen molar-refractivity contribution < 1.29 is 19.4 Å². The number of aromatic carboxylic acids is 1. The maximum Gasteiger partial charge on any atom is 0.336 e. The highest BCUT2D eigenvalue weighted by molar-refractivity contribution is 5.91. The number of ether oxygens (including phenoxy) is 2. The fourth-order valence-electron chi connectivity index (χ4n) is 2.82. The predicted molar refractivity (Wildman–Crippen MR) is 79.1 cm³/mol. The number of pyridine rings is 1. The van der Waals surface area contributed by atoms with Gasteiger partial charge in [0.1, 0.15) is 17.3 Å². The fraction of sp³-hybridized carbons (Fsp3) is 0.176. The highest BCUT2D eigenvalue weighted by Gasteiger charge is 2.22. The first kappa shape index (κ1) is 12.9. The van der Waals surface area contributed by atoms with Crippen LogP contribution < -0.4 is 9.47 Å². The second kappa shape index (κ2) is 4.87. The van der Waals surface area contributed by atoms with Crippen molar-refractivity contribution in [1.29, 1.82) is 0 Å². The summed E-state index contributed by atoms with van der Waals surface area (Å²) in [5.74, 6) is 1.29. The van der Waals surface area contributed by atoms with E-state index in [2.05, 4.69) is 4.98 Å². The number of fused-ring (bicyclic) bond motifs is 2. The van der Waals surface area contributed by atoms with Crippen LogP contribution in [-0.4, -0.2) is 22.7 Å². The zero-order valence-corrected chi connectivity index (χ0v) is 11.7. The van der Waals surface area contributed by atoms with Crippen LogP contribution in [0.1, 0.15) is 27.2 Å². The number of aromatic nitrogens is 1. The Kier molecular flexibility index (Phi) is 2.85. The Morgan fingerprint density at radius 2 is 2.23 bits per heavy atom. The number of carboxylic acids is 1. The molecule has 2 aliphatic rings. The monoisotopic (exact) mass is 295 g/mol. The van der Waals surface area contributed by atoms with Crippen molar-refractivity contribution in [2.45, 2.75) is 12.8 Å². The summed E-state index contributed by atoms with van der Waals surface area (Å²) in [6.07, 6.45) is 4.65. The van der Waals surface area contributed by atoms with Crippen LogP contribution in [-0.2, 0) is 12.8 Å². The van der Waals surface area contributed by atoms with Crippen LogP contribution >= 0.6 is 0 Å². The summed E-state index contributed by atoms with van der Waals surface area (Å²) < 4.78 is 11.4. The summed E-state index contributed by atoms with van der Waals surface area (Å²) in [4.78, 5) is 15.5. The molecule has 0 fully saturated rings. The molecule has 1 aliphatic heterocycles. The Bertz CT molecular complexity index is 810. The minimum atomic E-state index is -0.945. The third-order valence-corrected chi connectivity index (χ3v) is 3.88. The van der Waals surface area contributed by atoms with Gasteiger partial charge >= 0.3 is 5.97 Å². The molecule has 1 aromatic carbocycles. The lowest BCUT2D eigenvalue weighted by Gasteiger charge is -2.08. The van der Waals surface area contributed by atoms with Gasteiger partial charge in [0.15, 0.2) is 0 Å². The third-order valence-electron chi connectivity index (χ3n) is 3.88. The molecular formula is C17H13NO4. The topological polar surface area (TPSA) is 68.7 Å². The lowest BCUT2D eigenvalue weighted by Crippen LogP contribution is -2.04. The number of hydrogen-bond acceptors (Lipinski definition) is 4. The number of benzene rings is 1. The quantitative estimate of drug-likeness (QED) is 0.943. The first-order chi connectivity index (χ1) is 10.7. The summed E-state index contributed by atoms with van der Waals surface area (Å²) in [6, 6.07) is 7.29. The van der Waals surface area contributed by atoms with E-state index in [4.69, 9.17) is 9.47 Å². The van der Waals surface area contributed by atoms with E-state index < -0.39 is 5.97 Å². The predicted octanol–water partition coefficient (Wildman–Crippen LogP) is 2.69. The Morgan fingerprint density at radius 3 is 3.09 bits per heavy atom.